The van der Waals surface area contributed by atoms with Gasteiger partial charge in [-0.1, -0.05) is 6.07 Å². The Morgan fingerprint density at radius 1 is 1.20 bits per heavy atom. The van der Waals surface area contributed by atoms with Crippen molar-refractivity contribution in [1.82, 2.24) is 5.32 Å². The van der Waals surface area contributed by atoms with Gasteiger partial charge < -0.3 is 19.5 Å². The Kier molecular flexibility index (Phi) is 6.12. The molecule has 1 amide bonds. The minimum absolute atomic E-state index is 0.108. The van der Waals surface area contributed by atoms with Crippen molar-refractivity contribution in [3.8, 4) is 17.2 Å². The molecule has 9 heteroatoms. The van der Waals surface area contributed by atoms with Crippen LogP contribution in [0.15, 0.2) is 36.4 Å². The second-order valence-electron chi connectivity index (χ2n) is 7.21. The first-order valence-corrected chi connectivity index (χ1v) is 11.3. The summed E-state index contributed by atoms with van der Waals surface area (Å²) in [5.41, 5.74) is 2.06. The molecule has 1 heterocycles. The maximum Gasteiger partial charge on any atom is 0.263 e. The van der Waals surface area contributed by atoms with Gasteiger partial charge in [-0.05, 0) is 49.7 Å². The van der Waals surface area contributed by atoms with Crippen LogP contribution in [0.1, 0.15) is 24.1 Å². The van der Waals surface area contributed by atoms with Crippen LogP contribution in [-0.2, 0) is 14.8 Å². The van der Waals surface area contributed by atoms with Crippen molar-refractivity contribution in [3.63, 3.8) is 0 Å². The highest BCUT2D eigenvalue weighted by Gasteiger charge is 2.35. The number of carbonyl (C=O) groups is 1. The summed E-state index contributed by atoms with van der Waals surface area (Å²) in [5.74, 6) is 1.17. The fourth-order valence-electron chi connectivity index (χ4n) is 3.37. The van der Waals surface area contributed by atoms with Gasteiger partial charge in [-0.2, -0.15) is 0 Å². The van der Waals surface area contributed by atoms with Gasteiger partial charge in [0.2, 0.25) is 10.0 Å². The van der Waals surface area contributed by atoms with Crippen LogP contribution >= 0.6 is 0 Å². The van der Waals surface area contributed by atoms with Crippen molar-refractivity contribution < 1.29 is 27.4 Å². The quantitative estimate of drug-likeness (QED) is 0.750. The molecule has 3 rings (SSSR count). The van der Waals surface area contributed by atoms with E-state index in [-0.39, 0.29) is 6.54 Å². The maximum absolute atomic E-state index is 13.0. The van der Waals surface area contributed by atoms with Crippen LogP contribution in [0.2, 0.25) is 0 Å². The fourth-order valence-corrected chi connectivity index (χ4v) is 4.29. The second kappa shape index (κ2) is 8.43. The number of nitrogens with one attached hydrogen (secondary N) is 1. The molecular formula is C21H26N2O6S. The predicted octanol–water partition coefficient (Wildman–Crippen LogP) is 2.42. The molecule has 0 unspecified atom stereocenters. The zero-order chi connectivity index (χ0) is 22.1. The Balaban J connectivity index is 1.85. The Labute approximate surface area is 176 Å². The minimum atomic E-state index is -3.58. The highest BCUT2D eigenvalue weighted by Crippen LogP contribution is 2.36. The Morgan fingerprint density at radius 2 is 1.93 bits per heavy atom. The molecule has 162 valence electrons. The third-order valence-electron chi connectivity index (χ3n) is 4.94. The minimum Gasteiger partial charge on any atom is -0.497 e. The molecule has 2 atom stereocenters. The Hall–Kier alpha value is -2.94. The smallest absolute Gasteiger partial charge is 0.263 e. The van der Waals surface area contributed by atoms with E-state index in [0.29, 0.717) is 22.9 Å². The normalized spacial score (nSPS) is 16.8. The van der Waals surface area contributed by atoms with E-state index in [4.69, 9.17) is 14.2 Å². The van der Waals surface area contributed by atoms with Gasteiger partial charge in [-0.15, -0.1) is 0 Å². The number of hydrogen-bond acceptors (Lipinski definition) is 6. The van der Waals surface area contributed by atoms with E-state index in [9.17, 15) is 13.2 Å². The maximum atomic E-state index is 13.0. The molecule has 0 saturated heterocycles. The van der Waals surface area contributed by atoms with Crippen LogP contribution in [0.4, 0.5) is 5.69 Å². The topological polar surface area (TPSA) is 94.2 Å². The monoisotopic (exact) mass is 434 g/mol. The predicted molar refractivity (Wildman–Crippen MR) is 114 cm³/mol. The van der Waals surface area contributed by atoms with Crippen molar-refractivity contribution in [2.24, 2.45) is 0 Å². The van der Waals surface area contributed by atoms with Gasteiger partial charge in [0.15, 0.2) is 6.10 Å². The molecule has 0 saturated carbocycles. The lowest BCUT2D eigenvalue weighted by atomic mass is 10.1. The van der Waals surface area contributed by atoms with Crippen LogP contribution < -0.4 is 23.8 Å². The second-order valence-corrected chi connectivity index (χ2v) is 9.12. The molecule has 2 aromatic rings. The largest absolute Gasteiger partial charge is 0.497 e. The number of amides is 1. The number of aryl methyl sites for hydroxylation is 1. The summed E-state index contributed by atoms with van der Waals surface area (Å²) in [6.07, 6.45) is 0.119. The first kappa shape index (κ1) is 21.8. The molecule has 0 bridgehead atoms. The highest BCUT2D eigenvalue weighted by atomic mass is 32.2. The van der Waals surface area contributed by atoms with Gasteiger partial charge in [0.05, 0.1) is 38.7 Å². The van der Waals surface area contributed by atoms with E-state index in [2.05, 4.69) is 5.32 Å². The third-order valence-corrected chi connectivity index (χ3v) is 6.09. The number of fused-ring (bicyclic) bond motifs is 1. The van der Waals surface area contributed by atoms with Gasteiger partial charge >= 0.3 is 0 Å². The summed E-state index contributed by atoms with van der Waals surface area (Å²) in [6.45, 7) is 3.57. The number of methoxy groups -OCH3 is 2. The standard InChI is InChI=1S/C21H26N2O6S/c1-13-6-8-17-19(10-13)29-20(12-23(17)30(5,25)26)21(24)22-14(2)16-11-15(27-3)7-9-18(16)28-4/h6-11,14,20H,12H2,1-5H3,(H,22,24)/t14-,20-/m0/s1. The molecule has 0 spiro atoms. The van der Waals surface area contributed by atoms with Gasteiger partial charge in [0.25, 0.3) is 5.91 Å². The van der Waals surface area contributed by atoms with E-state index >= 15 is 0 Å². The first-order valence-electron chi connectivity index (χ1n) is 9.41. The first-order chi connectivity index (χ1) is 14.1. The number of sulfonamides is 1. The summed E-state index contributed by atoms with van der Waals surface area (Å²) in [4.78, 5) is 13.0. The zero-order valence-corrected chi connectivity index (χ0v) is 18.4. The average Bonchev–Trinajstić information content (AvgIpc) is 2.71. The number of ether oxygens (including phenoxy) is 3. The average molecular weight is 435 g/mol. The van der Waals surface area contributed by atoms with Crippen LogP contribution in [0, 0.1) is 6.92 Å². The van der Waals surface area contributed by atoms with E-state index in [0.717, 1.165) is 17.4 Å². The summed E-state index contributed by atoms with van der Waals surface area (Å²) in [6, 6.07) is 10.1. The van der Waals surface area contributed by atoms with E-state index < -0.39 is 28.1 Å². The van der Waals surface area contributed by atoms with Gasteiger partial charge in [0.1, 0.15) is 17.2 Å². The van der Waals surface area contributed by atoms with Crippen molar-refractivity contribution in [2.45, 2.75) is 26.0 Å². The van der Waals surface area contributed by atoms with Crippen LogP contribution in [0.3, 0.4) is 0 Å². The molecule has 0 fully saturated rings. The lowest BCUT2D eigenvalue weighted by molar-refractivity contribution is -0.128. The van der Waals surface area contributed by atoms with Crippen LogP contribution in [-0.4, -0.2) is 47.4 Å². The van der Waals surface area contributed by atoms with Crippen molar-refractivity contribution >= 4 is 21.6 Å². The number of carbonyl (C=O) groups excluding carboxylic acids is 1. The summed E-state index contributed by atoms with van der Waals surface area (Å²) >= 11 is 0. The van der Waals surface area contributed by atoms with Gasteiger partial charge in [0, 0.05) is 5.56 Å². The molecule has 30 heavy (non-hydrogen) atoms. The third kappa shape index (κ3) is 4.46. The van der Waals surface area contributed by atoms with Crippen molar-refractivity contribution in [3.05, 3.63) is 47.5 Å². The fraction of sp³-hybridized carbons (Fsp3) is 0.381. The zero-order valence-electron chi connectivity index (χ0n) is 17.6. The van der Waals surface area contributed by atoms with Crippen molar-refractivity contribution in [2.75, 3.05) is 31.3 Å². The highest BCUT2D eigenvalue weighted by molar-refractivity contribution is 7.92. The molecule has 0 aliphatic carbocycles. The van der Waals surface area contributed by atoms with Gasteiger partial charge in [-0.25, -0.2) is 8.42 Å². The van der Waals surface area contributed by atoms with E-state index in [1.165, 1.54) is 4.31 Å². The molecule has 1 aliphatic rings. The molecule has 8 nitrogen and oxygen atoms in total. The van der Waals surface area contributed by atoms with E-state index in [1.807, 2.05) is 13.8 Å². The molecule has 0 radical (unpaired) electrons. The number of benzene rings is 2. The van der Waals surface area contributed by atoms with E-state index in [1.54, 1.807) is 50.6 Å². The van der Waals surface area contributed by atoms with Crippen molar-refractivity contribution in [1.29, 1.82) is 0 Å². The number of anilines is 1. The summed E-state index contributed by atoms with van der Waals surface area (Å²) in [7, 11) is -0.474. The summed E-state index contributed by atoms with van der Waals surface area (Å²) < 4.78 is 42.3. The Bertz CT molecular complexity index is 1050. The Morgan fingerprint density at radius 3 is 2.57 bits per heavy atom. The van der Waals surface area contributed by atoms with Crippen LogP contribution in [0.5, 0.6) is 17.2 Å². The molecule has 2 aromatic carbocycles. The molecule has 1 N–H and O–H groups in total. The van der Waals surface area contributed by atoms with Crippen LogP contribution in [0.25, 0.3) is 0 Å². The number of nitrogens with zero attached hydrogens (tertiary/aromatic N) is 1. The number of rotatable bonds is 6. The lowest BCUT2D eigenvalue weighted by Gasteiger charge is -2.34. The molecule has 1 aliphatic heterocycles. The van der Waals surface area contributed by atoms with Gasteiger partial charge in [-0.3, -0.25) is 9.10 Å². The lowest BCUT2D eigenvalue weighted by Crippen LogP contribution is -2.50. The molecular weight excluding hydrogens is 408 g/mol. The SMILES string of the molecule is COc1ccc(OC)c([C@H](C)NC(=O)[C@@H]2CN(S(C)(=O)=O)c3ccc(C)cc3O2)c1. The summed E-state index contributed by atoms with van der Waals surface area (Å²) in [5, 5.41) is 2.89. The molecule has 0 aromatic heterocycles. The number of hydrogen-bond donors (Lipinski definition) is 1.